The van der Waals surface area contributed by atoms with E-state index in [1.54, 1.807) is 11.8 Å². The van der Waals surface area contributed by atoms with Crippen molar-refractivity contribution in [3.8, 4) is 0 Å². The Kier molecular flexibility index (Phi) is 5.14. The summed E-state index contributed by atoms with van der Waals surface area (Å²) in [5.41, 5.74) is 1.85. The lowest BCUT2D eigenvalue weighted by atomic mass is 10.2. The molecule has 0 bridgehead atoms. The van der Waals surface area contributed by atoms with Crippen molar-refractivity contribution >= 4 is 28.7 Å². The van der Waals surface area contributed by atoms with Crippen LogP contribution < -0.4 is 5.32 Å². The number of fused-ring (bicyclic) bond motifs is 1. The van der Waals surface area contributed by atoms with Crippen LogP contribution in [0.2, 0.25) is 0 Å². The Morgan fingerprint density at radius 2 is 2.21 bits per heavy atom. The Bertz CT molecular complexity index is 796. The molecule has 7 nitrogen and oxygen atoms in total. The Labute approximate surface area is 143 Å². The van der Waals surface area contributed by atoms with Crippen molar-refractivity contribution in [1.29, 1.82) is 0 Å². The third-order valence-electron chi connectivity index (χ3n) is 3.54. The molecule has 1 unspecified atom stereocenters. The lowest BCUT2D eigenvalue weighted by Gasteiger charge is -2.10. The van der Waals surface area contributed by atoms with Gasteiger partial charge >= 0.3 is 0 Å². The predicted octanol–water partition coefficient (Wildman–Crippen LogP) is 2.62. The van der Waals surface area contributed by atoms with Gasteiger partial charge in [0.05, 0.1) is 22.8 Å². The molecule has 0 aliphatic rings. The highest BCUT2D eigenvalue weighted by atomic mass is 32.2. The number of rotatable bonds is 7. The van der Waals surface area contributed by atoms with Crippen molar-refractivity contribution in [1.82, 2.24) is 25.4 Å². The van der Waals surface area contributed by atoms with Crippen LogP contribution in [-0.4, -0.2) is 32.3 Å². The van der Waals surface area contributed by atoms with Gasteiger partial charge in [-0.2, -0.15) is 16.7 Å². The molecule has 0 aliphatic carbocycles. The molecule has 0 fully saturated rings. The first kappa shape index (κ1) is 16.5. The molecule has 2 heterocycles. The molecular formula is C16H19N5O2S. The number of aromatic amines is 1. The SMILES string of the molecule is CSCc1noc(CCC(=O)NC(C)c2nc3ccccc3[nH]2)n1. The highest BCUT2D eigenvalue weighted by Gasteiger charge is 2.15. The highest BCUT2D eigenvalue weighted by Crippen LogP contribution is 2.15. The number of hydrogen-bond donors (Lipinski definition) is 2. The molecule has 0 spiro atoms. The number of nitrogens with zero attached hydrogens (tertiary/aromatic N) is 3. The van der Waals surface area contributed by atoms with Gasteiger partial charge < -0.3 is 14.8 Å². The van der Waals surface area contributed by atoms with E-state index in [1.807, 2.05) is 37.4 Å². The number of hydrogen-bond acceptors (Lipinski definition) is 6. The molecule has 1 aromatic carbocycles. The fraction of sp³-hybridized carbons (Fsp3) is 0.375. The van der Waals surface area contributed by atoms with Gasteiger partial charge in [0.15, 0.2) is 5.82 Å². The van der Waals surface area contributed by atoms with Crippen molar-refractivity contribution in [2.24, 2.45) is 0 Å². The number of amides is 1. The third kappa shape index (κ3) is 3.94. The van der Waals surface area contributed by atoms with E-state index in [0.29, 0.717) is 30.3 Å². The van der Waals surface area contributed by atoms with Crippen molar-refractivity contribution in [3.05, 3.63) is 41.8 Å². The molecule has 8 heteroatoms. The summed E-state index contributed by atoms with van der Waals surface area (Å²) in [5, 5.41) is 6.80. The summed E-state index contributed by atoms with van der Waals surface area (Å²) in [6.07, 6.45) is 2.70. The number of imidazole rings is 1. The van der Waals surface area contributed by atoms with Crippen LogP contribution in [0.5, 0.6) is 0 Å². The second-order valence-electron chi connectivity index (χ2n) is 5.47. The lowest BCUT2D eigenvalue weighted by Crippen LogP contribution is -2.27. The fourth-order valence-electron chi connectivity index (χ4n) is 2.36. The van der Waals surface area contributed by atoms with Crippen LogP contribution in [0.1, 0.15) is 36.9 Å². The van der Waals surface area contributed by atoms with E-state index in [4.69, 9.17) is 4.52 Å². The van der Waals surface area contributed by atoms with E-state index in [0.717, 1.165) is 16.9 Å². The van der Waals surface area contributed by atoms with Gasteiger partial charge in [0.25, 0.3) is 0 Å². The number of carbonyl (C=O) groups excluding carboxylic acids is 1. The van der Waals surface area contributed by atoms with Crippen molar-refractivity contribution in [2.75, 3.05) is 6.26 Å². The number of H-pyrrole nitrogens is 1. The average Bonchev–Trinajstić information content (AvgIpc) is 3.19. The number of para-hydroxylation sites is 2. The monoisotopic (exact) mass is 345 g/mol. The summed E-state index contributed by atoms with van der Waals surface area (Å²) in [7, 11) is 0. The molecule has 0 aliphatic heterocycles. The number of aromatic nitrogens is 4. The van der Waals surface area contributed by atoms with Gasteiger partial charge in [-0.05, 0) is 25.3 Å². The van der Waals surface area contributed by atoms with Gasteiger partial charge in [0.1, 0.15) is 5.82 Å². The van der Waals surface area contributed by atoms with Gasteiger partial charge in [-0.3, -0.25) is 4.79 Å². The fourth-order valence-corrected chi connectivity index (χ4v) is 2.73. The Balaban J connectivity index is 1.53. The Morgan fingerprint density at radius 1 is 1.38 bits per heavy atom. The minimum atomic E-state index is -0.195. The molecule has 0 radical (unpaired) electrons. The standard InChI is InChI=1S/C16H19N5O2S/c1-10(16-18-11-5-3-4-6-12(11)19-16)17-14(22)7-8-15-20-13(9-24-2)21-23-15/h3-6,10H,7-9H2,1-2H3,(H,17,22)(H,18,19). The Hall–Kier alpha value is -2.35. The summed E-state index contributed by atoms with van der Waals surface area (Å²) in [5.74, 6) is 2.52. The average molecular weight is 345 g/mol. The zero-order chi connectivity index (χ0) is 16.9. The van der Waals surface area contributed by atoms with Gasteiger partial charge in [0.2, 0.25) is 11.8 Å². The molecule has 1 atom stereocenters. The first-order valence-electron chi connectivity index (χ1n) is 7.70. The predicted molar refractivity (Wildman–Crippen MR) is 92.5 cm³/mol. The molecule has 24 heavy (non-hydrogen) atoms. The molecule has 2 N–H and O–H groups in total. The zero-order valence-corrected chi connectivity index (χ0v) is 14.4. The second kappa shape index (κ2) is 7.48. The summed E-state index contributed by atoms with van der Waals surface area (Å²) >= 11 is 1.63. The number of nitrogens with one attached hydrogen (secondary N) is 2. The second-order valence-corrected chi connectivity index (χ2v) is 6.33. The molecule has 0 saturated heterocycles. The van der Waals surface area contributed by atoms with Crippen LogP contribution in [-0.2, 0) is 17.0 Å². The van der Waals surface area contributed by atoms with Crippen molar-refractivity contribution in [3.63, 3.8) is 0 Å². The molecule has 3 rings (SSSR count). The van der Waals surface area contributed by atoms with E-state index in [-0.39, 0.29) is 11.9 Å². The van der Waals surface area contributed by atoms with E-state index < -0.39 is 0 Å². The molecular weight excluding hydrogens is 326 g/mol. The van der Waals surface area contributed by atoms with Crippen LogP contribution in [0.4, 0.5) is 0 Å². The molecule has 126 valence electrons. The van der Waals surface area contributed by atoms with Gasteiger partial charge in [-0.25, -0.2) is 4.98 Å². The minimum Gasteiger partial charge on any atom is -0.346 e. The Morgan fingerprint density at radius 3 is 3.00 bits per heavy atom. The maximum atomic E-state index is 12.1. The maximum Gasteiger partial charge on any atom is 0.227 e. The largest absolute Gasteiger partial charge is 0.346 e. The van der Waals surface area contributed by atoms with Gasteiger partial charge in [-0.1, -0.05) is 17.3 Å². The summed E-state index contributed by atoms with van der Waals surface area (Å²) in [4.78, 5) is 24.1. The lowest BCUT2D eigenvalue weighted by molar-refractivity contribution is -0.121. The summed E-state index contributed by atoms with van der Waals surface area (Å²) in [6, 6.07) is 7.59. The van der Waals surface area contributed by atoms with Crippen LogP contribution in [0, 0.1) is 0 Å². The van der Waals surface area contributed by atoms with E-state index in [2.05, 4.69) is 25.4 Å². The van der Waals surface area contributed by atoms with Crippen LogP contribution >= 0.6 is 11.8 Å². The minimum absolute atomic E-state index is 0.0763. The number of carbonyl (C=O) groups is 1. The summed E-state index contributed by atoms with van der Waals surface area (Å²) < 4.78 is 5.12. The molecule has 3 aromatic rings. The van der Waals surface area contributed by atoms with Crippen LogP contribution in [0.3, 0.4) is 0 Å². The van der Waals surface area contributed by atoms with Crippen LogP contribution in [0.15, 0.2) is 28.8 Å². The number of aryl methyl sites for hydroxylation is 1. The maximum absolute atomic E-state index is 12.1. The van der Waals surface area contributed by atoms with E-state index in [1.165, 1.54) is 0 Å². The third-order valence-corrected chi connectivity index (χ3v) is 4.09. The first-order valence-corrected chi connectivity index (χ1v) is 9.09. The topological polar surface area (TPSA) is 96.7 Å². The number of benzene rings is 1. The van der Waals surface area contributed by atoms with Gasteiger partial charge in [0, 0.05) is 12.8 Å². The quantitative estimate of drug-likeness (QED) is 0.683. The van der Waals surface area contributed by atoms with E-state index >= 15 is 0 Å². The van der Waals surface area contributed by atoms with Crippen molar-refractivity contribution < 1.29 is 9.32 Å². The number of thioether (sulfide) groups is 1. The highest BCUT2D eigenvalue weighted by molar-refractivity contribution is 7.97. The van der Waals surface area contributed by atoms with E-state index in [9.17, 15) is 4.79 Å². The summed E-state index contributed by atoms with van der Waals surface area (Å²) in [6.45, 7) is 1.90. The van der Waals surface area contributed by atoms with Gasteiger partial charge in [-0.15, -0.1) is 0 Å². The molecule has 2 aromatic heterocycles. The molecule has 1 amide bonds. The first-order chi connectivity index (χ1) is 11.7. The van der Waals surface area contributed by atoms with Crippen LogP contribution in [0.25, 0.3) is 11.0 Å². The smallest absolute Gasteiger partial charge is 0.227 e. The van der Waals surface area contributed by atoms with Crippen molar-refractivity contribution in [2.45, 2.75) is 31.6 Å². The zero-order valence-electron chi connectivity index (χ0n) is 13.6. The molecule has 0 saturated carbocycles. The normalized spacial score (nSPS) is 12.4.